The van der Waals surface area contributed by atoms with E-state index in [0.29, 0.717) is 18.0 Å². The number of nitrogens with one attached hydrogen (secondary N) is 1. The van der Waals surface area contributed by atoms with E-state index in [1.165, 1.54) is 19.3 Å². The Bertz CT molecular complexity index is 357. The van der Waals surface area contributed by atoms with Crippen LogP contribution in [0.1, 0.15) is 44.7 Å². The Hall–Kier alpha value is -1.03. The van der Waals surface area contributed by atoms with Crippen LogP contribution in [0.3, 0.4) is 0 Å². The third kappa shape index (κ3) is 5.54. The second-order valence-electron chi connectivity index (χ2n) is 4.49. The standard InChI is InChI=1S/C13H22ClN3O/c1-3-4-5-6-8-15-13(18)7-9-17-10-12(14)11(2)16-17/h10H,3-9H2,1-2H3,(H,15,18). The zero-order chi connectivity index (χ0) is 13.4. The Kier molecular flexibility index (Phi) is 6.80. The zero-order valence-electron chi connectivity index (χ0n) is 11.2. The molecular weight excluding hydrogens is 250 g/mol. The molecule has 18 heavy (non-hydrogen) atoms. The lowest BCUT2D eigenvalue weighted by atomic mass is 10.2. The topological polar surface area (TPSA) is 46.9 Å². The summed E-state index contributed by atoms with van der Waals surface area (Å²) in [4.78, 5) is 11.6. The molecule has 0 radical (unpaired) electrons. The molecule has 0 aliphatic rings. The van der Waals surface area contributed by atoms with Crippen LogP contribution < -0.4 is 5.32 Å². The van der Waals surface area contributed by atoms with Crippen molar-refractivity contribution >= 4 is 17.5 Å². The summed E-state index contributed by atoms with van der Waals surface area (Å²) < 4.78 is 1.72. The molecule has 1 rings (SSSR count). The Morgan fingerprint density at radius 2 is 2.22 bits per heavy atom. The summed E-state index contributed by atoms with van der Waals surface area (Å²) in [6.07, 6.45) is 6.90. The van der Waals surface area contributed by atoms with Gasteiger partial charge in [0.15, 0.2) is 0 Å². The third-order valence-electron chi connectivity index (χ3n) is 2.81. The van der Waals surface area contributed by atoms with Crippen LogP contribution in [0.15, 0.2) is 6.20 Å². The highest BCUT2D eigenvalue weighted by molar-refractivity contribution is 6.31. The molecule has 0 spiro atoms. The van der Waals surface area contributed by atoms with E-state index in [4.69, 9.17) is 11.6 Å². The normalized spacial score (nSPS) is 10.6. The average Bonchev–Trinajstić information content (AvgIpc) is 2.66. The number of aromatic nitrogens is 2. The Balaban J connectivity index is 2.13. The van der Waals surface area contributed by atoms with E-state index in [9.17, 15) is 4.79 Å². The molecule has 0 aromatic carbocycles. The molecule has 102 valence electrons. The second-order valence-corrected chi connectivity index (χ2v) is 4.89. The highest BCUT2D eigenvalue weighted by Gasteiger charge is 2.04. The number of amides is 1. The maximum absolute atomic E-state index is 11.6. The first-order chi connectivity index (χ1) is 8.63. The van der Waals surface area contributed by atoms with Crippen molar-refractivity contribution in [2.45, 2.75) is 52.5 Å². The minimum atomic E-state index is 0.0794. The van der Waals surface area contributed by atoms with Crippen molar-refractivity contribution in [3.8, 4) is 0 Å². The number of unbranched alkanes of at least 4 members (excludes halogenated alkanes) is 3. The molecule has 0 fully saturated rings. The van der Waals surface area contributed by atoms with Crippen LogP contribution in [0.4, 0.5) is 0 Å². The molecule has 1 heterocycles. The van der Waals surface area contributed by atoms with E-state index in [2.05, 4.69) is 17.3 Å². The quantitative estimate of drug-likeness (QED) is 0.739. The lowest BCUT2D eigenvalue weighted by molar-refractivity contribution is -0.121. The molecular formula is C13H22ClN3O. The van der Waals surface area contributed by atoms with Gasteiger partial charge in [-0.05, 0) is 13.3 Å². The Morgan fingerprint density at radius 1 is 1.44 bits per heavy atom. The summed E-state index contributed by atoms with van der Waals surface area (Å²) >= 11 is 5.89. The van der Waals surface area contributed by atoms with E-state index >= 15 is 0 Å². The molecule has 0 saturated carbocycles. The van der Waals surface area contributed by atoms with Gasteiger partial charge in [-0.15, -0.1) is 0 Å². The Labute approximate surface area is 114 Å². The van der Waals surface area contributed by atoms with Gasteiger partial charge in [0, 0.05) is 25.7 Å². The summed E-state index contributed by atoms with van der Waals surface area (Å²) in [6, 6.07) is 0. The second kappa shape index (κ2) is 8.14. The highest BCUT2D eigenvalue weighted by atomic mass is 35.5. The van der Waals surface area contributed by atoms with E-state index < -0.39 is 0 Å². The van der Waals surface area contributed by atoms with Crippen molar-refractivity contribution in [2.24, 2.45) is 0 Å². The van der Waals surface area contributed by atoms with E-state index in [-0.39, 0.29) is 5.91 Å². The first kappa shape index (κ1) is 15.0. The summed E-state index contributed by atoms with van der Waals surface area (Å²) in [5.74, 6) is 0.0794. The molecule has 0 aliphatic carbocycles. The van der Waals surface area contributed by atoms with Crippen LogP contribution >= 0.6 is 11.6 Å². The van der Waals surface area contributed by atoms with Gasteiger partial charge in [0.1, 0.15) is 0 Å². The van der Waals surface area contributed by atoms with E-state index in [1.807, 2.05) is 6.92 Å². The molecule has 1 amide bonds. The molecule has 0 unspecified atom stereocenters. The molecule has 1 N–H and O–H groups in total. The SMILES string of the molecule is CCCCCCNC(=O)CCn1cc(Cl)c(C)n1. The van der Waals surface area contributed by atoms with Gasteiger partial charge in [-0.25, -0.2) is 0 Å². The summed E-state index contributed by atoms with van der Waals surface area (Å²) in [7, 11) is 0. The van der Waals surface area contributed by atoms with Crippen LogP contribution in [-0.4, -0.2) is 22.2 Å². The number of hydrogen-bond donors (Lipinski definition) is 1. The van der Waals surface area contributed by atoms with Gasteiger partial charge in [0.05, 0.1) is 10.7 Å². The number of halogens is 1. The van der Waals surface area contributed by atoms with Gasteiger partial charge in [0.2, 0.25) is 5.91 Å². The zero-order valence-corrected chi connectivity index (χ0v) is 12.0. The predicted octanol–water partition coefficient (Wildman–Crippen LogP) is 2.93. The molecule has 0 atom stereocenters. The maximum atomic E-state index is 11.6. The van der Waals surface area contributed by atoms with Crippen molar-refractivity contribution < 1.29 is 4.79 Å². The van der Waals surface area contributed by atoms with Gasteiger partial charge in [-0.2, -0.15) is 5.10 Å². The van der Waals surface area contributed by atoms with E-state index in [0.717, 1.165) is 18.7 Å². The predicted molar refractivity (Wildman–Crippen MR) is 73.7 cm³/mol. The monoisotopic (exact) mass is 271 g/mol. The van der Waals surface area contributed by atoms with E-state index in [1.54, 1.807) is 10.9 Å². The van der Waals surface area contributed by atoms with Crippen molar-refractivity contribution in [1.82, 2.24) is 15.1 Å². The van der Waals surface area contributed by atoms with Gasteiger partial charge >= 0.3 is 0 Å². The number of rotatable bonds is 8. The summed E-state index contributed by atoms with van der Waals surface area (Å²) in [5.41, 5.74) is 0.802. The number of aryl methyl sites for hydroxylation is 2. The van der Waals surface area contributed by atoms with Crippen LogP contribution in [0.5, 0.6) is 0 Å². The molecule has 0 saturated heterocycles. The van der Waals surface area contributed by atoms with Crippen LogP contribution in [0.2, 0.25) is 5.02 Å². The smallest absolute Gasteiger partial charge is 0.221 e. The van der Waals surface area contributed by atoms with Crippen molar-refractivity contribution in [3.05, 3.63) is 16.9 Å². The molecule has 1 aromatic heterocycles. The first-order valence-corrected chi connectivity index (χ1v) is 6.97. The average molecular weight is 272 g/mol. The molecule has 5 heteroatoms. The number of carbonyl (C=O) groups excluding carboxylic acids is 1. The van der Waals surface area contributed by atoms with Crippen molar-refractivity contribution in [3.63, 3.8) is 0 Å². The third-order valence-corrected chi connectivity index (χ3v) is 3.18. The number of carbonyl (C=O) groups is 1. The maximum Gasteiger partial charge on any atom is 0.221 e. The minimum absolute atomic E-state index is 0.0794. The fourth-order valence-electron chi connectivity index (χ4n) is 1.69. The largest absolute Gasteiger partial charge is 0.356 e. The molecule has 4 nitrogen and oxygen atoms in total. The highest BCUT2D eigenvalue weighted by Crippen LogP contribution is 2.11. The van der Waals surface area contributed by atoms with Crippen molar-refractivity contribution in [2.75, 3.05) is 6.54 Å². The van der Waals surface area contributed by atoms with Crippen LogP contribution in [-0.2, 0) is 11.3 Å². The van der Waals surface area contributed by atoms with Gasteiger partial charge < -0.3 is 5.32 Å². The fraction of sp³-hybridized carbons (Fsp3) is 0.692. The van der Waals surface area contributed by atoms with Crippen molar-refractivity contribution in [1.29, 1.82) is 0 Å². The minimum Gasteiger partial charge on any atom is -0.356 e. The molecule has 0 aliphatic heterocycles. The van der Waals surface area contributed by atoms with Crippen LogP contribution in [0.25, 0.3) is 0 Å². The van der Waals surface area contributed by atoms with Gasteiger partial charge in [0.25, 0.3) is 0 Å². The molecule has 1 aromatic rings. The summed E-state index contributed by atoms with van der Waals surface area (Å²) in [6.45, 7) is 5.38. The Morgan fingerprint density at radius 3 is 2.83 bits per heavy atom. The van der Waals surface area contributed by atoms with Gasteiger partial charge in [-0.1, -0.05) is 37.8 Å². The van der Waals surface area contributed by atoms with Crippen LogP contribution in [0, 0.1) is 6.92 Å². The fourth-order valence-corrected chi connectivity index (χ4v) is 1.84. The number of hydrogen-bond acceptors (Lipinski definition) is 2. The molecule has 0 bridgehead atoms. The van der Waals surface area contributed by atoms with Gasteiger partial charge in [-0.3, -0.25) is 9.48 Å². The lowest BCUT2D eigenvalue weighted by Crippen LogP contribution is -2.25. The number of nitrogens with zero attached hydrogens (tertiary/aromatic N) is 2. The summed E-state index contributed by atoms with van der Waals surface area (Å²) in [5, 5.41) is 7.78. The first-order valence-electron chi connectivity index (χ1n) is 6.59. The lowest BCUT2D eigenvalue weighted by Gasteiger charge is -2.05.